The number of ether oxygens (including phenoxy) is 1. The van der Waals surface area contributed by atoms with Crippen molar-refractivity contribution in [3.8, 4) is 5.75 Å². The zero-order valence-electron chi connectivity index (χ0n) is 22.7. The Morgan fingerprint density at radius 3 is 2.41 bits per heavy atom. The van der Waals surface area contributed by atoms with E-state index in [1.54, 1.807) is 70.4 Å². The molecule has 0 radical (unpaired) electrons. The summed E-state index contributed by atoms with van der Waals surface area (Å²) in [6, 6.07) is 13.0. The third-order valence-electron chi connectivity index (χ3n) is 7.68. The summed E-state index contributed by atoms with van der Waals surface area (Å²) in [5.74, 6) is -2.59. The second-order valence-electron chi connectivity index (χ2n) is 10.9. The van der Waals surface area contributed by atoms with Gasteiger partial charge in [-0.15, -0.1) is 0 Å². The fraction of sp³-hybridized carbons (Fsp3) is 0.300. The van der Waals surface area contributed by atoms with Crippen LogP contribution in [0.5, 0.6) is 5.75 Å². The Balaban J connectivity index is 1.80. The van der Waals surface area contributed by atoms with Crippen molar-refractivity contribution in [2.45, 2.75) is 43.2 Å². The molecule has 3 atom stereocenters. The predicted molar refractivity (Wildman–Crippen MR) is 156 cm³/mol. The van der Waals surface area contributed by atoms with Crippen LogP contribution in [0.1, 0.15) is 48.9 Å². The van der Waals surface area contributed by atoms with Crippen LogP contribution in [-0.4, -0.2) is 42.3 Å². The molecule has 0 unspecified atom stereocenters. The lowest BCUT2D eigenvalue weighted by atomic mass is 9.59. The zero-order valence-corrected chi connectivity index (χ0v) is 24.9. The van der Waals surface area contributed by atoms with Crippen LogP contribution in [0.4, 0.5) is 10.1 Å². The van der Waals surface area contributed by atoms with E-state index in [0.29, 0.717) is 26.9 Å². The number of carbonyl (C=O) groups is 3. The monoisotopic (exact) mass is 617 g/mol. The number of hydrogen-bond donors (Lipinski definition) is 2. The number of amides is 3. The minimum atomic E-state index is -1.57. The van der Waals surface area contributed by atoms with E-state index in [1.165, 1.54) is 17.0 Å². The van der Waals surface area contributed by atoms with Crippen LogP contribution in [0.2, 0.25) is 15.1 Å². The van der Waals surface area contributed by atoms with E-state index in [4.69, 9.17) is 39.5 Å². The van der Waals surface area contributed by atoms with Gasteiger partial charge < -0.3 is 20.3 Å². The molecule has 7 nitrogen and oxygen atoms in total. The Kier molecular flexibility index (Phi) is 7.47. The van der Waals surface area contributed by atoms with Crippen molar-refractivity contribution in [1.29, 1.82) is 0 Å². The molecule has 3 amide bonds. The Labute approximate surface area is 251 Å². The lowest BCUT2D eigenvalue weighted by molar-refractivity contribution is -0.143. The molecule has 214 valence electrons. The second-order valence-corrected chi connectivity index (χ2v) is 12.2. The number of halogens is 4. The Morgan fingerprint density at radius 1 is 1.02 bits per heavy atom. The normalized spacial score (nSPS) is 21.8. The van der Waals surface area contributed by atoms with Gasteiger partial charge in [0.15, 0.2) is 5.60 Å². The van der Waals surface area contributed by atoms with Gasteiger partial charge in [-0.2, -0.15) is 0 Å². The fourth-order valence-corrected chi connectivity index (χ4v) is 6.54. The summed E-state index contributed by atoms with van der Waals surface area (Å²) in [4.78, 5) is 42.0. The molecule has 0 aromatic heterocycles. The SMILES string of the molecule is CN(C)C(=O)C(C)(C)Oc1ccc(Cl)cc1[C@H]1CC(=O)N[C@@H](c2cccc(Cl)c2F)[C@]12C(=O)Nc1cc(Cl)ccc12. The van der Waals surface area contributed by atoms with Gasteiger partial charge in [0.25, 0.3) is 5.91 Å². The topological polar surface area (TPSA) is 87.7 Å². The molecule has 3 aromatic rings. The van der Waals surface area contributed by atoms with Crippen LogP contribution in [0, 0.1) is 5.82 Å². The van der Waals surface area contributed by atoms with Crippen LogP contribution in [0.3, 0.4) is 0 Å². The minimum absolute atomic E-state index is 0.0427. The number of anilines is 1. The molecule has 2 heterocycles. The van der Waals surface area contributed by atoms with Crippen molar-refractivity contribution in [2.24, 2.45) is 0 Å². The Bertz CT molecular complexity index is 1600. The first-order valence-electron chi connectivity index (χ1n) is 12.8. The molecule has 0 bridgehead atoms. The first kappa shape index (κ1) is 29.2. The number of hydrogen-bond acceptors (Lipinski definition) is 4. The van der Waals surface area contributed by atoms with E-state index in [9.17, 15) is 14.4 Å². The zero-order chi connectivity index (χ0) is 29.9. The van der Waals surface area contributed by atoms with Crippen LogP contribution in [-0.2, 0) is 19.8 Å². The van der Waals surface area contributed by atoms with E-state index in [2.05, 4.69) is 10.6 Å². The third-order valence-corrected chi connectivity index (χ3v) is 8.44. The van der Waals surface area contributed by atoms with Crippen molar-refractivity contribution in [2.75, 3.05) is 19.4 Å². The highest BCUT2D eigenvalue weighted by atomic mass is 35.5. The number of likely N-dealkylation sites (N-methyl/N-ethyl adjacent to an activating group) is 1. The molecule has 11 heteroatoms. The molecular weight excluding hydrogens is 592 g/mol. The van der Waals surface area contributed by atoms with Crippen molar-refractivity contribution in [3.05, 3.63) is 92.2 Å². The first-order valence-corrected chi connectivity index (χ1v) is 14.0. The van der Waals surface area contributed by atoms with E-state index in [0.717, 1.165) is 0 Å². The van der Waals surface area contributed by atoms with Gasteiger partial charge in [0, 0.05) is 53.3 Å². The molecule has 41 heavy (non-hydrogen) atoms. The largest absolute Gasteiger partial charge is 0.478 e. The number of carbonyl (C=O) groups excluding carboxylic acids is 3. The highest BCUT2D eigenvalue weighted by Gasteiger charge is 2.62. The molecule has 2 aliphatic rings. The summed E-state index contributed by atoms with van der Waals surface area (Å²) in [6.45, 7) is 3.25. The Morgan fingerprint density at radius 2 is 1.71 bits per heavy atom. The molecule has 2 N–H and O–H groups in total. The maximum Gasteiger partial charge on any atom is 0.265 e. The van der Waals surface area contributed by atoms with Crippen molar-refractivity contribution in [3.63, 3.8) is 0 Å². The van der Waals surface area contributed by atoms with Gasteiger partial charge in [-0.05, 0) is 55.8 Å². The standard InChI is InChI=1S/C30H27Cl3FN3O4/c1-29(2,28(40)37(3)4)41-23-11-9-15(31)12-18(23)20-14-24(38)36-26(17-6-5-7-21(33)25(17)34)30(20)19-10-8-16(32)13-22(19)35-27(30)39/h5-13,20,26H,14H2,1-4H3,(H,35,39)(H,36,38)/t20-,26+,30-/m1/s1. The smallest absolute Gasteiger partial charge is 0.265 e. The number of nitrogens with zero attached hydrogens (tertiary/aromatic N) is 1. The fourth-order valence-electron chi connectivity index (χ4n) is 6.01. The highest BCUT2D eigenvalue weighted by molar-refractivity contribution is 6.31. The highest BCUT2D eigenvalue weighted by Crippen LogP contribution is 2.59. The number of piperidine rings is 1. The van der Waals surface area contributed by atoms with Gasteiger partial charge in [-0.1, -0.05) is 53.0 Å². The van der Waals surface area contributed by atoms with Gasteiger partial charge in [0.1, 0.15) is 17.0 Å². The van der Waals surface area contributed by atoms with E-state index < -0.39 is 40.6 Å². The molecular formula is C30H27Cl3FN3O4. The summed E-state index contributed by atoms with van der Waals surface area (Å²) in [5.41, 5.74) is -1.48. The summed E-state index contributed by atoms with van der Waals surface area (Å²) in [5, 5.41) is 6.33. The number of fused-ring (bicyclic) bond motifs is 2. The molecule has 2 aliphatic heterocycles. The van der Waals surface area contributed by atoms with Crippen molar-refractivity contribution >= 4 is 58.2 Å². The van der Waals surface area contributed by atoms with E-state index in [-0.39, 0.29) is 28.7 Å². The van der Waals surface area contributed by atoms with Crippen LogP contribution >= 0.6 is 34.8 Å². The molecule has 1 saturated heterocycles. The second kappa shape index (κ2) is 10.5. The summed E-state index contributed by atoms with van der Waals surface area (Å²) in [7, 11) is 3.23. The number of rotatable bonds is 5. The van der Waals surface area contributed by atoms with Crippen molar-refractivity contribution < 1.29 is 23.5 Å². The van der Waals surface area contributed by atoms with Crippen LogP contribution < -0.4 is 15.4 Å². The summed E-state index contributed by atoms with van der Waals surface area (Å²) >= 11 is 18.9. The molecule has 1 spiro atoms. The van der Waals surface area contributed by atoms with E-state index in [1.807, 2.05) is 0 Å². The lowest BCUT2D eigenvalue weighted by Gasteiger charge is -2.47. The summed E-state index contributed by atoms with van der Waals surface area (Å²) < 4.78 is 22.0. The van der Waals surface area contributed by atoms with E-state index >= 15 is 4.39 Å². The average Bonchev–Trinajstić information content (AvgIpc) is 3.18. The predicted octanol–water partition coefficient (Wildman–Crippen LogP) is 6.27. The number of nitrogens with one attached hydrogen (secondary N) is 2. The quantitative estimate of drug-likeness (QED) is 0.353. The molecule has 0 saturated carbocycles. The van der Waals surface area contributed by atoms with Gasteiger partial charge in [0.05, 0.1) is 11.1 Å². The maximum absolute atomic E-state index is 15.7. The van der Waals surface area contributed by atoms with Gasteiger partial charge >= 0.3 is 0 Å². The maximum atomic E-state index is 15.7. The van der Waals surface area contributed by atoms with Gasteiger partial charge in [-0.25, -0.2) is 4.39 Å². The minimum Gasteiger partial charge on any atom is -0.478 e. The molecule has 5 rings (SSSR count). The Hall–Kier alpha value is -3.33. The number of benzene rings is 3. The summed E-state index contributed by atoms with van der Waals surface area (Å²) in [6.07, 6.45) is -0.160. The van der Waals surface area contributed by atoms with Crippen LogP contribution in [0.15, 0.2) is 54.6 Å². The van der Waals surface area contributed by atoms with Gasteiger partial charge in [-0.3, -0.25) is 14.4 Å². The molecule has 1 fully saturated rings. The third kappa shape index (κ3) is 4.82. The van der Waals surface area contributed by atoms with Crippen molar-refractivity contribution in [1.82, 2.24) is 10.2 Å². The lowest BCUT2D eigenvalue weighted by Crippen LogP contribution is -2.57. The molecule has 3 aromatic carbocycles. The van der Waals surface area contributed by atoms with Gasteiger partial charge in [0.2, 0.25) is 11.8 Å². The molecule has 0 aliphatic carbocycles. The van der Waals surface area contributed by atoms with Crippen LogP contribution in [0.25, 0.3) is 0 Å². The first-order chi connectivity index (χ1) is 19.3. The average molecular weight is 619 g/mol.